The van der Waals surface area contributed by atoms with Crippen molar-refractivity contribution < 1.29 is 8.42 Å². The molecule has 0 spiro atoms. The normalized spacial score (nSPS) is 17.4. The first-order valence-electron chi connectivity index (χ1n) is 5.58. The van der Waals surface area contributed by atoms with Crippen LogP contribution in [-0.2, 0) is 10.0 Å². The number of hydrogen-bond donors (Lipinski definition) is 3. The molecule has 5 nitrogen and oxygen atoms in total. The van der Waals surface area contributed by atoms with Gasteiger partial charge in [0.15, 0.2) is 0 Å². The van der Waals surface area contributed by atoms with Crippen LogP contribution in [0.5, 0.6) is 0 Å². The third-order valence-electron chi connectivity index (χ3n) is 3.17. The maximum Gasteiger partial charge on any atom is 0.240 e. The van der Waals surface area contributed by atoms with E-state index in [4.69, 9.17) is 10.9 Å². The van der Waals surface area contributed by atoms with Crippen molar-refractivity contribution in [2.75, 3.05) is 23.9 Å². The smallest absolute Gasteiger partial charge is 0.240 e. The molecule has 1 fully saturated rings. The first-order valence-corrected chi connectivity index (χ1v) is 8.35. The molecule has 0 aliphatic heterocycles. The van der Waals surface area contributed by atoms with E-state index in [-0.39, 0.29) is 10.6 Å². The fourth-order valence-corrected chi connectivity index (χ4v) is 3.15. The van der Waals surface area contributed by atoms with Gasteiger partial charge in [-0.3, -0.25) is 0 Å². The number of rotatable bonds is 5. The van der Waals surface area contributed by atoms with Gasteiger partial charge in [0.2, 0.25) is 10.0 Å². The molecule has 0 amide bonds. The summed E-state index contributed by atoms with van der Waals surface area (Å²) in [6, 6.07) is 4.73. The van der Waals surface area contributed by atoms with Crippen LogP contribution >= 0.6 is 11.8 Å². The van der Waals surface area contributed by atoms with Gasteiger partial charge in [-0.25, -0.2) is 13.6 Å². The van der Waals surface area contributed by atoms with E-state index in [1.54, 1.807) is 12.1 Å². The van der Waals surface area contributed by atoms with Crippen LogP contribution in [0.3, 0.4) is 0 Å². The van der Waals surface area contributed by atoms with Crippen LogP contribution in [0.25, 0.3) is 0 Å². The first kappa shape index (κ1) is 13.5. The molecule has 0 heterocycles. The lowest BCUT2D eigenvalue weighted by molar-refractivity contribution is 0.598. The van der Waals surface area contributed by atoms with Crippen molar-refractivity contribution in [2.24, 2.45) is 5.14 Å². The molecule has 0 unspecified atom stereocenters. The average Bonchev–Trinajstić information content (AvgIpc) is 3.05. The van der Waals surface area contributed by atoms with Gasteiger partial charge in [-0.1, -0.05) is 0 Å². The summed E-state index contributed by atoms with van der Waals surface area (Å²) in [5.74, 6) is 0. The molecule has 0 saturated heterocycles. The maximum atomic E-state index is 11.2. The summed E-state index contributed by atoms with van der Waals surface area (Å²) >= 11 is 1.86. The predicted octanol–water partition coefficient (Wildman–Crippen LogP) is 1.22. The molecule has 1 aromatic rings. The van der Waals surface area contributed by atoms with Gasteiger partial charge in [-0.05, 0) is 37.3 Å². The van der Waals surface area contributed by atoms with Gasteiger partial charge in [-0.2, -0.15) is 11.8 Å². The Kier molecular flexibility index (Phi) is 3.48. The Balaban J connectivity index is 2.10. The summed E-state index contributed by atoms with van der Waals surface area (Å²) in [5, 5.41) is 8.33. The van der Waals surface area contributed by atoms with Crippen molar-refractivity contribution in [1.29, 1.82) is 0 Å². The van der Waals surface area contributed by atoms with Crippen LogP contribution in [-0.4, -0.2) is 26.0 Å². The number of nitrogens with one attached hydrogen (secondary N) is 1. The zero-order valence-electron chi connectivity index (χ0n) is 10.1. The molecule has 2 rings (SSSR count). The molecule has 1 saturated carbocycles. The molecule has 1 aliphatic rings. The Morgan fingerprint density at radius 3 is 2.56 bits per heavy atom. The molecule has 1 aromatic carbocycles. The minimum Gasteiger partial charge on any atom is -0.398 e. The number of nitrogen functional groups attached to an aromatic ring is 1. The fraction of sp³-hybridized carbons (Fsp3) is 0.455. The summed E-state index contributed by atoms with van der Waals surface area (Å²) in [5.41, 5.74) is 6.69. The average molecular weight is 287 g/mol. The molecule has 7 heteroatoms. The van der Waals surface area contributed by atoms with Crippen molar-refractivity contribution >= 4 is 33.2 Å². The molecule has 100 valence electrons. The van der Waals surface area contributed by atoms with Crippen molar-refractivity contribution in [3.63, 3.8) is 0 Å². The van der Waals surface area contributed by atoms with Gasteiger partial charge in [-0.15, -0.1) is 0 Å². The van der Waals surface area contributed by atoms with Crippen LogP contribution < -0.4 is 16.2 Å². The van der Waals surface area contributed by atoms with Crippen LogP contribution in [0.4, 0.5) is 11.4 Å². The summed E-state index contributed by atoms with van der Waals surface area (Å²) < 4.78 is 22.8. The Bertz CT molecular complexity index is 553. The molecule has 1 aliphatic carbocycles. The summed E-state index contributed by atoms with van der Waals surface area (Å²) in [6.45, 7) is 0.863. The molecule has 5 N–H and O–H groups in total. The number of primary sulfonamides is 1. The highest BCUT2D eigenvalue weighted by Crippen LogP contribution is 2.47. The SMILES string of the molecule is CSC1(CNc2ccc(S(N)(=O)=O)c(N)c2)CC1. The van der Waals surface area contributed by atoms with E-state index in [9.17, 15) is 8.42 Å². The van der Waals surface area contributed by atoms with Crippen LogP contribution in [0.1, 0.15) is 12.8 Å². The highest BCUT2D eigenvalue weighted by Gasteiger charge is 2.41. The minimum absolute atomic E-state index is 0.0287. The topological polar surface area (TPSA) is 98.2 Å². The first-order chi connectivity index (χ1) is 8.36. The lowest BCUT2D eigenvalue weighted by atomic mass is 10.2. The number of sulfonamides is 1. The molecule has 0 aromatic heterocycles. The minimum atomic E-state index is -3.74. The van der Waals surface area contributed by atoms with Gasteiger partial charge in [0.05, 0.1) is 5.69 Å². The largest absolute Gasteiger partial charge is 0.398 e. The Labute approximate surface area is 111 Å². The van der Waals surface area contributed by atoms with E-state index in [0.717, 1.165) is 12.2 Å². The van der Waals surface area contributed by atoms with Crippen molar-refractivity contribution in [3.05, 3.63) is 18.2 Å². The van der Waals surface area contributed by atoms with Crippen LogP contribution in [0, 0.1) is 0 Å². The highest BCUT2D eigenvalue weighted by atomic mass is 32.2. The fourth-order valence-electron chi connectivity index (χ4n) is 1.77. The van der Waals surface area contributed by atoms with E-state index in [1.807, 2.05) is 11.8 Å². The quantitative estimate of drug-likeness (QED) is 0.707. The van der Waals surface area contributed by atoms with Crippen LogP contribution in [0.2, 0.25) is 0 Å². The van der Waals surface area contributed by atoms with Gasteiger partial charge in [0, 0.05) is 17.0 Å². The standard InChI is InChI=1S/C11H17N3O2S2/c1-17-11(4-5-11)7-14-8-2-3-10(9(12)6-8)18(13,15)16/h2-3,6,14H,4-5,7,12H2,1H3,(H2,13,15,16). The van der Waals surface area contributed by atoms with Crippen molar-refractivity contribution in [3.8, 4) is 0 Å². The molecule has 18 heavy (non-hydrogen) atoms. The van der Waals surface area contributed by atoms with E-state index in [1.165, 1.54) is 18.9 Å². The summed E-state index contributed by atoms with van der Waals surface area (Å²) in [7, 11) is -3.74. The number of thioether (sulfide) groups is 1. The highest BCUT2D eigenvalue weighted by molar-refractivity contribution is 8.00. The zero-order valence-corrected chi connectivity index (χ0v) is 11.8. The Morgan fingerprint density at radius 1 is 1.44 bits per heavy atom. The number of nitrogens with two attached hydrogens (primary N) is 2. The lowest BCUT2D eigenvalue weighted by Gasteiger charge is -2.15. The van der Waals surface area contributed by atoms with E-state index >= 15 is 0 Å². The molecular weight excluding hydrogens is 270 g/mol. The molecule has 0 radical (unpaired) electrons. The van der Waals surface area contributed by atoms with Crippen molar-refractivity contribution in [1.82, 2.24) is 0 Å². The van der Waals surface area contributed by atoms with Gasteiger partial charge in [0.1, 0.15) is 4.90 Å². The third-order valence-corrected chi connectivity index (χ3v) is 5.58. The lowest BCUT2D eigenvalue weighted by Crippen LogP contribution is -2.18. The van der Waals surface area contributed by atoms with E-state index in [0.29, 0.717) is 4.75 Å². The Hall–Kier alpha value is -0.920. The third kappa shape index (κ3) is 2.90. The maximum absolute atomic E-state index is 11.2. The van der Waals surface area contributed by atoms with Gasteiger partial charge < -0.3 is 11.1 Å². The Morgan fingerprint density at radius 2 is 2.11 bits per heavy atom. The summed E-state index contributed by atoms with van der Waals surface area (Å²) in [6.07, 6.45) is 4.53. The second kappa shape index (κ2) is 4.64. The summed E-state index contributed by atoms with van der Waals surface area (Å²) in [4.78, 5) is -0.0287. The van der Waals surface area contributed by atoms with Gasteiger partial charge >= 0.3 is 0 Å². The van der Waals surface area contributed by atoms with Gasteiger partial charge in [0.25, 0.3) is 0 Å². The number of anilines is 2. The molecule has 0 bridgehead atoms. The second-order valence-electron chi connectivity index (χ2n) is 4.54. The zero-order chi connectivity index (χ0) is 13.4. The number of benzene rings is 1. The molecular formula is C11H17N3O2S2. The van der Waals surface area contributed by atoms with E-state index in [2.05, 4.69) is 11.6 Å². The monoisotopic (exact) mass is 287 g/mol. The van der Waals surface area contributed by atoms with Crippen LogP contribution in [0.15, 0.2) is 23.1 Å². The van der Waals surface area contributed by atoms with E-state index < -0.39 is 10.0 Å². The second-order valence-corrected chi connectivity index (χ2v) is 7.34. The van der Waals surface area contributed by atoms with Crippen molar-refractivity contribution in [2.45, 2.75) is 22.5 Å². The predicted molar refractivity (Wildman–Crippen MR) is 76.2 cm³/mol. The number of hydrogen-bond acceptors (Lipinski definition) is 5. The molecule has 0 atom stereocenters.